The van der Waals surface area contributed by atoms with E-state index in [-0.39, 0.29) is 0 Å². The molecule has 0 atom stereocenters. The fourth-order valence-corrected chi connectivity index (χ4v) is 1.23. The number of nitrogens with zero attached hydrogens (tertiary/aromatic N) is 3. The summed E-state index contributed by atoms with van der Waals surface area (Å²) in [7, 11) is 0. The van der Waals surface area contributed by atoms with E-state index in [0.29, 0.717) is 15.9 Å². The summed E-state index contributed by atoms with van der Waals surface area (Å²) in [5.41, 5.74) is 5.37. The van der Waals surface area contributed by atoms with Gasteiger partial charge in [0.1, 0.15) is 0 Å². The molecule has 0 unspecified atom stereocenters. The molecule has 0 amide bonds. The lowest BCUT2D eigenvalue weighted by atomic mass is 10.5. The van der Waals surface area contributed by atoms with Gasteiger partial charge in [-0.15, -0.1) is 10.2 Å². The minimum Gasteiger partial charge on any atom is -0.374 e. The van der Waals surface area contributed by atoms with E-state index in [1.54, 1.807) is 12.3 Å². The van der Waals surface area contributed by atoms with E-state index in [9.17, 15) is 0 Å². The summed E-state index contributed by atoms with van der Waals surface area (Å²) >= 11 is 1.27. The highest BCUT2D eigenvalue weighted by molar-refractivity contribution is 7.18. The van der Waals surface area contributed by atoms with Gasteiger partial charge in [0.15, 0.2) is 10.8 Å². The number of rotatable bonds is 1. The normalized spacial score (nSPS) is 10.2. The largest absolute Gasteiger partial charge is 0.374 e. The summed E-state index contributed by atoms with van der Waals surface area (Å²) in [6.45, 7) is 0. The zero-order valence-electron chi connectivity index (χ0n) is 5.39. The molecule has 2 N–H and O–H groups in total. The second-order valence-electron chi connectivity index (χ2n) is 1.82. The topological polar surface area (TPSA) is 77.8 Å². The summed E-state index contributed by atoms with van der Waals surface area (Å²) in [6.07, 6.45) is 1.55. The molecule has 0 aliphatic rings. The van der Waals surface area contributed by atoms with Crippen LogP contribution in [0.3, 0.4) is 0 Å². The van der Waals surface area contributed by atoms with Crippen LogP contribution in [0, 0.1) is 0 Å². The van der Waals surface area contributed by atoms with Crippen molar-refractivity contribution in [3.8, 4) is 10.8 Å². The van der Waals surface area contributed by atoms with Crippen molar-refractivity contribution in [1.29, 1.82) is 0 Å². The predicted octanol–water partition coefficient (Wildman–Crippen LogP) is 0.775. The fraction of sp³-hybridized carbons (Fsp3) is 0. The maximum Gasteiger partial charge on any atom is 0.203 e. The van der Waals surface area contributed by atoms with Crippen molar-refractivity contribution in [2.24, 2.45) is 0 Å². The smallest absolute Gasteiger partial charge is 0.203 e. The van der Waals surface area contributed by atoms with E-state index >= 15 is 0 Å². The van der Waals surface area contributed by atoms with E-state index in [1.165, 1.54) is 11.3 Å². The van der Waals surface area contributed by atoms with Crippen molar-refractivity contribution in [3.63, 3.8) is 0 Å². The van der Waals surface area contributed by atoms with Crippen LogP contribution in [0.2, 0.25) is 0 Å². The summed E-state index contributed by atoms with van der Waals surface area (Å²) < 4.78 is 4.84. The van der Waals surface area contributed by atoms with Crippen LogP contribution in [0.1, 0.15) is 0 Å². The Kier molecular flexibility index (Phi) is 1.32. The molecule has 0 saturated carbocycles. The van der Waals surface area contributed by atoms with Gasteiger partial charge >= 0.3 is 0 Å². The number of anilines is 1. The minimum atomic E-state index is 0.427. The van der Waals surface area contributed by atoms with Gasteiger partial charge in [0.25, 0.3) is 0 Å². The molecule has 0 fully saturated rings. The average Bonchev–Trinajstić information content (AvgIpc) is 2.55. The van der Waals surface area contributed by atoms with Crippen molar-refractivity contribution in [2.75, 3.05) is 5.73 Å². The molecule has 56 valence electrons. The third-order valence-electron chi connectivity index (χ3n) is 1.09. The lowest BCUT2D eigenvalue weighted by Crippen LogP contribution is -1.79. The molecule has 0 aromatic carbocycles. The summed E-state index contributed by atoms with van der Waals surface area (Å²) in [5, 5.41) is 12.0. The van der Waals surface area contributed by atoms with Gasteiger partial charge in [-0.2, -0.15) is 0 Å². The minimum absolute atomic E-state index is 0.427. The van der Waals surface area contributed by atoms with Gasteiger partial charge < -0.3 is 10.3 Å². The van der Waals surface area contributed by atoms with Crippen molar-refractivity contribution >= 4 is 16.5 Å². The van der Waals surface area contributed by atoms with Gasteiger partial charge in [-0.1, -0.05) is 16.5 Å². The SMILES string of the molecule is Nc1nnc(-c2ccno2)s1. The molecular formula is C5H4N4OS. The lowest BCUT2D eigenvalue weighted by Gasteiger charge is -1.79. The Balaban J connectivity index is 2.45. The molecule has 2 aromatic rings. The van der Waals surface area contributed by atoms with Crippen molar-refractivity contribution in [3.05, 3.63) is 12.3 Å². The molecule has 0 aliphatic heterocycles. The average molecular weight is 168 g/mol. The van der Waals surface area contributed by atoms with Crippen LogP contribution in [0.4, 0.5) is 5.13 Å². The van der Waals surface area contributed by atoms with Crippen molar-refractivity contribution < 1.29 is 4.52 Å². The van der Waals surface area contributed by atoms with E-state index in [2.05, 4.69) is 15.4 Å². The number of hydrogen-bond donors (Lipinski definition) is 1. The highest BCUT2D eigenvalue weighted by Gasteiger charge is 2.06. The Morgan fingerprint density at radius 3 is 2.91 bits per heavy atom. The molecule has 0 aliphatic carbocycles. The van der Waals surface area contributed by atoms with Gasteiger partial charge in [0, 0.05) is 6.07 Å². The van der Waals surface area contributed by atoms with Gasteiger partial charge in [0.05, 0.1) is 6.20 Å². The van der Waals surface area contributed by atoms with Crippen molar-refractivity contribution in [2.45, 2.75) is 0 Å². The lowest BCUT2D eigenvalue weighted by molar-refractivity contribution is 0.432. The highest BCUT2D eigenvalue weighted by Crippen LogP contribution is 2.23. The van der Waals surface area contributed by atoms with Crippen LogP contribution in [0.15, 0.2) is 16.8 Å². The number of nitrogen functional groups attached to an aromatic ring is 1. The Bertz CT molecular complexity index is 341. The van der Waals surface area contributed by atoms with Crippen molar-refractivity contribution in [1.82, 2.24) is 15.4 Å². The first kappa shape index (κ1) is 6.29. The van der Waals surface area contributed by atoms with Gasteiger partial charge in [-0.25, -0.2) is 0 Å². The quantitative estimate of drug-likeness (QED) is 0.680. The van der Waals surface area contributed by atoms with Gasteiger partial charge in [-0.3, -0.25) is 0 Å². The number of aromatic nitrogens is 3. The zero-order valence-corrected chi connectivity index (χ0v) is 6.21. The second-order valence-corrected chi connectivity index (χ2v) is 2.83. The predicted molar refractivity (Wildman–Crippen MR) is 39.8 cm³/mol. The first-order valence-electron chi connectivity index (χ1n) is 2.86. The Morgan fingerprint density at radius 1 is 1.45 bits per heavy atom. The molecular weight excluding hydrogens is 164 g/mol. The standard InChI is InChI=1S/C5H4N4OS/c6-5-9-8-4(11-5)3-1-2-7-10-3/h1-2H,(H2,6,9). The molecule has 0 radical (unpaired) electrons. The summed E-state index contributed by atoms with van der Waals surface area (Å²) in [6, 6.07) is 1.71. The first-order valence-corrected chi connectivity index (χ1v) is 3.68. The maximum atomic E-state index is 5.37. The van der Waals surface area contributed by atoms with Crippen LogP contribution in [-0.2, 0) is 0 Å². The molecule has 0 spiro atoms. The molecule has 0 bridgehead atoms. The summed E-state index contributed by atoms with van der Waals surface area (Å²) in [5.74, 6) is 0.596. The second kappa shape index (κ2) is 2.31. The monoisotopic (exact) mass is 168 g/mol. The number of nitrogens with two attached hydrogens (primary N) is 1. The summed E-state index contributed by atoms with van der Waals surface area (Å²) in [4.78, 5) is 0. The molecule has 6 heteroatoms. The molecule has 2 heterocycles. The Hall–Kier alpha value is -1.43. The van der Waals surface area contributed by atoms with E-state index in [0.717, 1.165) is 0 Å². The van der Waals surface area contributed by atoms with Gasteiger partial charge in [-0.05, 0) is 0 Å². The molecule has 2 rings (SSSR count). The van der Waals surface area contributed by atoms with E-state index in [4.69, 9.17) is 10.3 Å². The first-order chi connectivity index (χ1) is 5.36. The zero-order chi connectivity index (χ0) is 7.68. The molecule has 0 saturated heterocycles. The third-order valence-corrected chi connectivity index (χ3v) is 1.86. The van der Waals surface area contributed by atoms with Crippen LogP contribution < -0.4 is 5.73 Å². The fourth-order valence-electron chi connectivity index (χ4n) is 0.660. The van der Waals surface area contributed by atoms with Crippen LogP contribution in [0.25, 0.3) is 10.8 Å². The van der Waals surface area contributed by atoms with Crippen LogP contribution in [0.5, 0.6) is 0 Å². The molecule has 2 aromatic heterocycles. The Morgan fingerprint density at radius 2 is 2.36 bits per heavy atom. The molecule has 11 heavy (non-hydrogen) atoms. The Labute approximate surface area is 65.8 Å². The maximum absolute atomic E-state index is 5.37. The van der Waals surface area contributed by atoms with Crippen LogP contribution in [-0.4, -0.2) is 15.4 Å². The van der Waals surface area contributed by atoms with Crippen LogP contribution >= 0.6 is 11.3 Å². The van der Waals surface area contributed by atoms with E-state index < -0.39 is 0 Å². The number of hydrogen-bond acceptors (Lipinski definition) is 6. The van der Waals surface area contributed by atoms with Gasteiger partial charge in [0.2, 0.25) is 5.13 Å². The third kappa shape index (κ3) is 1.07. The highest BCUT2D eigenvalue weighted by atomic mass is 32.1. The molecule has 5 nitrogen and oxygen atoms in total. The van der Waals surface area contributed by atoms with E-state index in [1.807, 2.05) is 0 Å².